The number of anilines is 2. The van der Waals surface area contributed by atoms with Gasteiger partial charge in [0.2, 0.25) is 0 Å². The van der Waals surface area contributed by atoms with Crippen molar-refractivity contribution >= 4 is 49.7 Å². The normalized spacial score (nSPS) is 16.5. The molecule has 2 aromatic heterocycles. The minimum atomic E-state index is -0.503. The molecule has 3 heterocycles. The number of benzene rings is 2. The van der Waals surface area contributed by atoms with Crippen LogP contribution < -0.4 is 20.3 Å². The predicted molar refractivity (Wildman–Crippen MR) is 126 cm³/mol. The van der Waals surface area contributed by atoms with Gasteiger partial charge in [-0.25, -0.2) is 9.37 Å². The number of nitrogens with one attached hydrogen (secondary N) is 2. The second-order valence-corrected chi connectivity index (χ2v) is 8.89. The highest BCUT2D eigenvalue weighted by Gasteiger charge is 2.24. The third-order valence-corrected chi connectivity index (χ3v) is 6.71. The summed E-state index contributed by atoms with van der Waals surface area (Å²) in [5.41, 5.74) is 2.42. The van der Waals surface area contributed by atoms with Crippen LogP contribution in [-0.2, 0) is 7.05 Å². The van der Waals surface area contributed by atoms with E-state index in [1.165, 1.54) is 29.2 Å². The number of methoxy groups -OCH3 is 1. The standard InChI is InChI=1S/C22H23FN6O3S/c1-28-9-12-7-13(8-16(23)18(12)27-28)25-21(31)15-3-4-17(20-19(15)26-22(32-2)33-20)29-6-5-24-14(10-29)11-30/h3-4,7-9,14,24,30H,5-6,10-11H2,1-2H3,(H,25,31)/t14-/m1/s1. The molecule has 1 atom stereocenters. The molecule has 2 aromatic carbocycles. The summed E-state index contributed by atoms with van der Waals surface area (Å²) < 4.78 is 22.2. The number of nitrogens with zero attached hydrogens (tertiary/aromatic N) is 4. The summed E-state index contributed by atoms with van der Waals surface area (Å²) in [6.07, 6.45) is 1.69. The van der Waals surface area contributed by atoms with Crippen molar-refractivity contribution in [2.24, 2.45) is 7.05 Å². The zero-order valence-corrected chi connectivity index (χ0v) is 18.9. The molecule has 0 aliphatic carbocycles. The van der Waals surface area contributed by atoms with E-state index in [2.05, 4.69) is 25.6 Å². The molecule has 172 valence electrons. The van der Waals surface area contributed by atoms with Crippen LogP contribution in [-0.4, -0.2) is 65.2 Å². The summed E-state index contributed by atoms with van der Waals surface area (Å²) in [6, 6.07) is 6.53. The van der Waals surface area contributed by atoms with Crippen molar-refractivity contribution in [3.05, 3.63) is 41.8 Å². The Kier molecular flexibility index (Phi) is 5.60. The van der Waals surface area contributed by atoms with Gasteiger partial charge in [0.05, 0.1) is 29.7 Å². The minimum Gasteiger partial charge on any atom is -0.473 e. The number of hydrogen-bond acceptors (Lipinski definition) is 8. The van der Waals surface area contributed by atoms with Gasteiger partial charge in [0.25, 0.3) is 11.1 Å². The first kappa shape index (κ1) is 21.6. The van der Waals surface area contributed by atoms with Gasteiger partial charge in [-0.2, -0.15) is 5.10 Å². The third-order valence-electron chi connectivity index (χ3n) is 5.67. The lowest BCUT2D eigenvalue weighted by atomic mass is 10.1. The molecule has 3 N–H and O–H groups in total. The van der Waals surface area contributed by atoms with Crippen molar-refractivity contribution in [3.63, 3.8) is 0 Å². The summed E-state index contributed by atoms with van der Waals surface area (Å²) >= 11 is 1.36. The Morgan fingerprint density at radius 1 is 1.39 bits per heavy atom. The molecule has 0 radical (unpaired) electrons. The number of aryl methyl sites for hydroxylation is 1. The maximum atomic E-state index is 14.5. The topological polar surface area (TPSA) is 105 Å². The molecule has 33 heavy (non-hydrogen) atoms. The van der Waals surface area contributed by atoms with Gasteiger partial charge in [-0.15, -0.1) is 0 Å². The van der Waals surface area contributed by atoms with Crippen molar-refractivity contribution in [2.75, 3.05) is 43.6 Å². The number of aliphatic hydroxyl groups excluding tert-OH is 1. The van der Waals surface area contributed by atoms with Crippen molar-refractivity contribution in [3.8, 4) is 5.19 Å². The fourth-order valence-corrected chi connectivity index (χ4v) is 5.09. The second-order valence-electron chi connectivity index (χ2n) is 7.93. The molecular weight excluding hydrogens is 447 g/mol. The molecule has 11 heteroatoms. The Bertz CT molecular complexity index is 1350. The van der Waals surface area contributed by atoms with Crippen LogP contribution in [0.4, 0.5) is 15.8 Å². The number of carbonyl (C=O) groups is 1. The SMILES string of the molecule is COc1nc2c(C(=O)Nc3cc(F)c4nn(C)cc4c3)ccc(N3CCN[C@@H](CO)C3)c2s1. The van der Waals surface area contributed by atoms with Crippen LogP contribution in [0.5, 0.6) is 5.19 Å². The van der Waals surface area contributed by atoms with E-state index in [1.807, 2.05) is 6.07 Å². The second kappa shape index (κ2) is 8.58. The number of carbonyl (C=O) groups excluding carboxylic acids is 1. The zero-order chi connectivity index (χ0) is 23.1. The molecule has 1 fully saturated rings. The van der Waals surface area contributed by atoms with E-state index in [0.717, 1.165) is 23.5 Å². The molecule has 1 saturated heterocycles. The third kappa shape index (κ3) is 3.99. The first-order valence-electron chi connectivity index (χ1n) is 10.5. The Morgan fingerprint density at radius 3 is 3.03 bits per heavy atom. The van der Waals surface area contributed by atoms with Gasteiger partial charge in [-0.05, 0) is 24.3 Å². The number of amides is 1. The molecule has 1 aliphatic rings. The summed E-state index contributed by atoms with van der Waals surface area (Å²) in [6.45, 7) is 2.20. The van der Waals surface area contributed by atoms with Gasteiger partial charge >= 0.3 is 0 Å². The average Bonchev–Trinajstić information content (AvgIpc) is 3.41. The first-order valence-corrected chi connectivity index (χ1v) is 11.3. The van der Waals surface area contributed by atoms with E-state index in [0.29, 0.717) is 33.9 Å². The highest BCUT2D eigenvalue weighted by Crippen LogP contribution is 2.38. The van der Waals surface area contributed by atoms with Gasteiger partial charge in [-0.1, -0.05) is 11.3 Å². The van der Waals surface area contributed by atoms with Crippen molar-refractivity contribution in [1.29, 1.82) is 0 Å². The molecule has 0 unspecified atom stereocenters. The molecule has 0 bridgehead atoms. The number of fused-ring (bicyclic) bond motifs is 2. The van der Waals surface area contributed by atoms with Crippen LogP contribution in [0.15, 0.2) is 30.5 Å². The van der Waals surface area contributed by atoms with Crippen LogP contribution >= 0.6 is 11.3 Å². The van der Waals surface area contributed by atoms with Crippen LogP contribution in [0.2, 0.25) is 0 Å². The quantitative estimate of drug-likeness (QED) is 0.411. The number of aliphatic hydroxyl groups is 1. The van der Waals surface area contributed by atoms with Gasteiger partial charge in [-0.3, -0.25) is 9.48 Å². The van der Waals surface area contributed by atoms with Gasteiger partial charge in [0, 0.05) is 50.0 Å². The Hall–Kier alpha value is -3.28. The fourth-order valence-electron chi connectivity index (χ4n) is 4.14. The zero-order valence-electron chi connectivity index (χ0n) is 18.1. The highest BCUT2D eigenvalue weighted by atomic mass is 32.1. The molecule has 1 aliphatic heterocycles. The summed E-state index contributed by atoms with van der Waals surface area (Å²) in [4.78, 5) is 19.9. The number of halogens is 1. The van der Waals surface area contributed by atoms with E-state index < -0.39 is 11.7 Å². The van der Waals surface area contributed by atoms with Crippen LogP contribution in [0.25, 0.3) is 21.1 Å². The average molecular weight is 471 g/mol. The number of hydrogen-bond donors (Lipinski definition) is 3. The highest BCUT2D eigenvalue weighted by molar-refractivity contribution is 7.21. The molecule has 0 spiro atoms. The van der Waals surface area contributed by atoms with E-state index in [9.17, 15) is 14.3 Å². The van der Waals surface area contributed by atoms with E-state index >= 15 is 0 Å². The molecule has 5 rings (SSSR count). The fraction of sp³-hybridized carbons (Fsp3) is 0.318. The minimum absolute atomic E-state index is 0.0242. The number of aromatic nitrogens is 3. The lowest BCUT2D eigenvalue weighted by Crippen LogP contribution is -2.52. The van der Waals surface area contributed by atoms with Crippen LogP contribution in [0.1, 0.15) is 10.4 Å². The maximum absolute atomic E-state index is 14.5. The number of ether oxygens (including phenoxy) is 1. The van der Waals surface area contributed by atoms with Crippen LogP contribution in [0, 0.1) is 5.82 Å². The first-order chi connectivity index (χ1) is 16.0. The summed E-state index contributed by atoms with van der Waals surface area (Å²) in [7, 11) is 3.25. The Balaban J connectivity index is 1.50. The van der Waals surface area contributed by atoms with Crippen molar-refractivity contribution in [2.45, 2.75) is 6.04 Å². The predicted octanol–water partition coefficient (Wildman–Crippen LogP) is 2.35. The lowest BCUT2D eigenvalue weighted by molar-refractivity contribution is 0.102. The number of piperazine rings is 1. The number of rotatable bonds is 5. The smallest absolute Gasteiger partial charge is 0.274 e. The van der Waals surface area contributed by atoms with Gasteiger partial charge in [0.1, 0.15) is 11.0 Å². The molecular formula is C22H23FN6O3S. The largest absolute Gasteiger partial charge is 0.473 e. The Morgan fingerprint density at radius 2 is 2.24 bits per heavy atom. The van der Waals surface area contributed by atoms with Crippen molar-refractivity contribution < 1.29 is 19.0 Å². The monoisotopic (exact) mass is 470 g/mol. The summed E-state index contributed by atoms with van der Waals surface area (Å²) in [5.74, 6) is -0.896. The van der Waals surface area contributed by atoms with E-state index in [1.54, 1.807) is 25.4 Å². The van der Waals surface area contributed by atoms with Gasteiger partial charge in [0.15, 0.2) is 5.82 Å². The molecule has 1 amide bonds. The number of thiazole rings is 1. The lowest BCUT2D eigenvalue weighted by Gasteiger charge is -2.34. The summed E-state index contributed by atoms with van der Waals surface area (Å²) in [5, 5.41) is 20.8. The van der Waals surface area contributed by atoms with Crippen LogP contribution in [0.3, 0.4) is 0 Å². The maximum Gasteiger partial charge on any atom is 0.274 e. The molecule has 4 aromatic rings. The Labute approximate surface area is 192 Å². The molecule has 0 saturated carbocycles. The van der Waals surface area contributed by atoms with Crippen molar-refractivity contribution in [1.82, 2.24) is 20.1 Å². The van der Waals surface area contributed by atoms with E-state index in [-0.39, 0.29) is 18.2 Å². The van der Waals surface area contributed by atoms with Gasteiger partial charge < -0.3 is 25.4 Å². The van der Waals surface area contributed by atoms with E-state index in [4.69, 9.17) is 4.74 Å². The molecule has 9 nitrogen and oxygen atoms in total.